The fourth-order valence-corrected chi connectivity index (χ4v) is 5.55. The molecule has 1 saturated carbocycles. The molecule has 1 aliphatic carbocycles. The molecule has 0 spiro atoms. The summed E-state index contributed by atoms with van der Waals surface area (Å²) in [6, 6.07) is 7.82. The molecule has 4 heteroatoms. The fraction of sp³-hybridized carbons (Fsp3) is 0.647. The molecule has 3 unspecified atom stereocenters. The van der Waals surface area contributed by atoms with Crippen molar-refractivity contribution in [1.82, 2.24) is 5.32 Å². The number of benzene rings is 1. The van der Waals surface area contributed by atoms with Crippen LogP contribution in [0.15, 0.2) is 29.2 Å². The minimum atomic E-state index is -1.06. The van der Waals surface area contributed by atoms with Gasteiger partial charge in [0.2, 0.25) is 0 Å². The van der Waals surface area contributed by atoms with Crippen molar-refractivity contribution in [2.75, 3.05) is 6.54 Å². The van der Waals surface area contributed by atoms with E-state index in [4.69, 9.17) is 11.6 Å². The normalized spacial score (nSPS) is 26.5. The van der Waals surface area contributed by atoms with Crippen molar-refractivity contribution >= 4 is 22.4 Å². The molecular formula is C17H26ClNOS. The van der Waals surface area contributed by atoms with E-state index in [1.54, 1.807) is 0 Å². The Labute approximate surface area is 136 Å². The number of hydrogen-bond acceptors (Lipinski definition) is 2. The molecule has 1 aromatic rings. The molecule has 0 saturated heterocycles. The summed E-state index contributed by atoms with van der Waals surface area (Å²) in [6.45, 7) is 7.72. The molecule has 0 amide bonds. The van der Waals surface area contributed by atoms with Gasteiger partial charge in [0.1, 0.15) is 0 Å². The lowest BCUT2D eigenvalue weighted by Gasteiger charge is -2.44. The molecule has 0 aromatic heterocycles. The van der Waals surface area contributed by atoms with Gasteiger partial charge in [-0.05, 0) is 43.4 Å². The maximum Gasteiger partial charge on any atom is 0.0592 e. The summed E-state index contributed by atoms with van der Waals surface area (Å²) < 4.78 is 13.1. The lowest BCUT2D eigenvalue weighted by atomic mass is 9.73. The minimum Gasteiger partial charge on any atom is -0.312 e. The fourth-order valence-electron chi connectivity index (χ4n) is 3.29. The molecule has 1 fully saturated rings. The van der Waals surface area contributed by atoms with Crippen LogP contribution in [0.25, 0.3) is 0 Å². The van der Waals surface area contributed by atoms with Crippen LogP contribution >= 0.6 is 11.6 Å². The van der Waals surface area contributed by atoms with Crippen LogP contribution in [0.1, 0.15) is 46.5 Å². The van der Waals surface area contributed by atoms with E-state index in [9.17, 15) is 4.21 Å². The van der Waals surface area contributed by atoms with E-state index in [-0.39, 0.29) is 16.7 Å². The van der Waals surface area contributed by atoms with Crippen LogP contribution in [-0.4, -0.2) is 22.0 Å². The molecule has 1 aromatic carbocycles. The summed E-state index contributed by atoms with van der Waals surface area (Å²) in [7, 11) is -1.06. The van der Waals surface area contributed by atoms with Gasteiger partial charge < -0.3 is 5.32 Å². The van der Waals surface area contributed by atoms with Crippen LogP contribution in [0.3, 0.4) is 0 Å². The summed E-state index contributed by atoms with van der Waals surface area (Å²) in [5.41, 5.74) is 0.176. The smallest absolute Gasteiger partial charge is 0.0592 e. The summed E-state index contributed by atoms with van der Waals surface area (Å²) in [5.74, 6) is 0. The molecule has 0 radical (unpaired) electrons. The van der Waals surface area contributed by atoms with Gasteiger partial charge in [-0.25, -0.2) is 0 Å². The maximum absolute atomic E-state index is 13.1. The SMILES string of the molecule is CCCNC1C(S(=O)c2ccccc2Cl)CCCC1(C)C. The Kier molecular flexibility index (Phi) is 5.87. The Bertz CT molecular complexity index is 503. The van der Waals surface area contributed by atoms with Crippen molar-refractivity contribution in [3.63, 3.8) is 0 Å². The predicted molar refractivity (Wildman–Crippen MR) is 91.4 cm³/mol. The average Bonchev–Trinajstić information content (AvgIpc) is 2.45. The van der Waals surface area contributed by atoms with E-state index >= 15 is 0 Å². The largest absolute Gasteiger partial charge is 0.312 e. The van der Waals surface area contributed by atoms with Crippen LogP contribution < -0.4 is 5.32 Å². The van der Waals surface area contributed by atoms with Crippen molar-refractivity contribution in [3.8, 4) is 0 Å². The van der Waals surface area contributed by atoms with Gasteiger partial charge in [0, 0.05) is 6.04 Å². The molecule has 0 heterocycles. The van der Waals surface area contributed by atoms with Gasteiger partial charge in [0.05, 0.1) is 26.0 Å². The quantitative estimate of drug-likeness (QED) is 0.868. The third-order valence-corrected chi connectivity index (χ3v) is 6.76. The number of rotatable bonds is 5. The maximum atomic E-state index is 13.1. The Morgan fingerprint density at radius 3 is 2.76 bits per heavy atom. The second-order valence-electron chi connectivity index (χ2n) is 6.58. The van der Waals surface area contributed by atoms with Crippen molar-refractivity contribution in [1.29, 1.82) is 0 Å². The second kappa shape index (κ2) is 7.26. The number of nitrogens with one attached hydrogen (secondary N) is 1. The lowest BCUT2D eigenvalue weighted by molar-refractivity contribution is 0.173. The summed E-state index contributed by atoms with van der Waals surface area (Å²) in [4.78, 5) is 0.783. The zero-order valence-electron chi connectivity index (χ0n) is 13.2. The molecule has 0 aliphatic heterocycles. The van der Waals surface area contributed by atoms with Gasteiger partial charge in [-0.15, -0.1) is 0 Å². The minimum absolute atomic E-state index is 0.139. The Hall–Kier alpha value is -0.380. The first-order chi connectivity index (χ1) is 9.97. The standard InChI is InChI=1S/C17H26ClNOS/c1-4-12-19-16-15(10-7-11-17(16,2)3)21(20)14-9-6-5-8-13(14)18/h5-6,8-9,15-16,19H,4,7,10-12H2,1-3H3. The number of hydrogen-bond donors (Lipinski definition) is 1. The zero-order valence-corrected chi connectivity index (χ0v) is 14.8. The van der Waals surface area contributed by atoms with Crippen molar-refractivity contribution < 1.29 is 4.21 Å². The first-order valence-corrected chi connectivity index (χ1v) is 9.45. The van der Waals surface area contributed by atoms with Crippen molar-refractivity contribution in [2.45, 2.75) is 62.6 Å². The highest BCUT2D eigenvalue weighted by molar-refractivity contribution is 7.85. The lowest BCUT2D eigenvalue weighted by Crippen LogP contribution is -2.54. The van der Waals surface area contributed by atoms with Crippen LogP contribution in [0, 0.1) is 5.41 Å². The van der Waals surface area contributed by atoms with E-state index in [1.165, 1.54) is 6.42 Å². The van der Waals surface area contributed by atoms with Crippen LogP contribution in [0.2, 0.25) is 5.02 Å². The highest BCUT2D eigenvalue weighted by Gasteiger charge is 2.41. The first-order valence-electron chi connectivity index (χ1n) is 7.86. The highest BCUT2D eigenvalue weighted by Crippen LogP contribution is 2.39. The Morgan fingerprint density at radius 2 is 2.10 bits per heavy atom. The van der Waals surface area contributed by atoms with Crippen LogP contribution in [-0.2, 0) is 10.8 Å². The molecule has 2 nitrogen and oxygen atoms in total. The van der Waals surface area contributed by atoms with Gasteiger partial charge in [0.25, 0.3) is 0 Å². The van der Waals surface area contributed by atoms with E-state index in [0.29, 0.717) is 5.02 Å². The number of halogens is 1. The molecule has 0 bridgehead atoms. The van der Waals surface area contributed by atoms with Gasteiger partial charge >= 0.3 is 0 Å². The van der Waals surface area contributed by atoms with E-state index < -0.39 is 10.8 Å². The molecule has 3 atom stereocenters. The summed E-state index contributed by atoms with van der Waals surface area (Å²) in [6.07, 6.45) is 4.42. The first kappa shape index (κ1) is 17.0. The Balaban J connectivity index is 2.26. The molecule has 21 heavy (non-hydrogen) atoms. The molecule has 2 rings (SSSR count). The zero-order chi connectivity index (χ0) is 15.5. The summed E-state index contributed by atoms with van der Waals surface area (Å²) >= 11 is 6.25. The topological polar surface area (TPSA) is 29.1 Å². The average molecular weight is 328 g/mol. The molecular weight excluding hydrogens is 302 g/mol. The van der Waals surface area contributed by atoms with Gasteiger partial charge in [0.15, 0.2) is 0 Å². The molecule has 1 N–H and O–H groups in total. The molecule has 118 valence electrons. The molecule has 1 aliphatic rings. The van der Waals surface area contributed by atoms with Crippen LogP contribution in [0.4, 0.5) is 0 Å². The Morgan fingerprint density at radius 1 is 1.38 bits per heavy atom. The van der Waals surface area contributed by atoms with E-state index in [0.717, 1.165) is 30.7 Å². The van der Waals surface area contributed by atoms with Gasteiger partial charge in [-0.2, -0.15) is 0 Å². The van der Waals surface area contributed by atoms with E-state index in [2.05, 4.69) is 26.1 Å². The van der Waals surface area contributed by atoms with E-state index in [1.807, 2.05) is 24.3 Å². The monoisotopic (exact) mass is 327 g/mol. The van der Waals surface area contributed by atoms with Crippen molar-refractivity contribution in [3.05, 3.63) is 29.3 Å². The predicted octanol–water partition coefficient (Wildman–Crippen LogP) is 4.39. The summed E-state index contributed by atoms with van der Waals surface area (Å²) in [5, 5.41) is 4.40. The van der Waals surface area contributed by atoms with Gasteiger partial charge in [-0.3, -0.25) is 4.21 Å². The van der Waals surface area contributed by atoms with Crippen molar-refractivity contribution in [2.24, 2.45) is 5.41 Å². The van der Waals surface area contributed by atoms with Gasteiger partial charge in [-0.1, -0.05) is 50.9 Å². The van der Waals surface area contributed by atoms with Crippen LogP contribution in [0.5, 0.6) is 0 Å². The second-order valence-corrected chi connectivity index (χ2v) is 8.63. The third kappa shape index (κ3) is 3.88. The third-order valence-electron chi connectivity index (χ3n) is 4.47. The highest BCUT2D eigenvalue weighted by atomic mass is 35.5.